The lowest BCUT2D eigenvalue weighted by molar-refractivity contribution is -0.384. The molecular formula is C23H21F2N5O4. The van der Waals surface area contributed by atoms with Crippen molar-refractivity contribution in [2.75, 3.05) is 28.6 Å². The first-order valence-electron chi connectivity index (χ1n) is 10.2. The molecule has 9 nitrogen and oxygen atoms in total. The van der Waals surface area contributed by atoms with Crippen LogP contribution in [0.2, 0.25) is 0 Å². The zero-order chi connectivity index (χ0) is 24.5. The molecule has 0 saturated carbocycles. The van der Waals surface area contributed by atoms with Crippen LogP contribution in [0.1, 0.15) is 6.42 Å². The van der Waals surface area contributed by atoms with Crippen molar-refractivity contribution in [1.29, 1.82) is 0 Å². The topological polar surface area (TPSA) is 117 Å². The van der Waals surface area contributed by atoms with Gasteiger partial charge in [-0.05, 0) is 42.8 Å². The van der Waals surface area contributed by atoms with Crippen LogP contribution in [0, 0.1) is 21.7 Å². The molecule has 0 spiro atoms. The first-order valence-corrected chi connectivity index (χ1v) is 10.2. The molecule has 0 radical (unpaired) electrons. The van der Waals surface area contributed by atoms with Gasteiger partial charge in [0.2, 0.25) is 0 Å². The van der Waals surface area contributed by atoms with Crippen molar-refractivity contribution in [2.24, 2.45) is 0 Å². The molecule has 176 valence electrons. The molecule has 0 saturated heterocycles. The van der Waals surface area contributed by atoms with E-state index in [0.29, 0.717) is 23.9 Å². The highest BCUT2D eigenvalue weighted by Gasteiger charge is 2.16. The van der Waals surface area contributed by atoms with E-state index in [4.69, 9.17) is 0 Å². The van der Waals surface area contributed by atoms with Crippen LogP contribution in [0.5, 0.6) is 0 Å². The molecule has 11 heteroatoms. The van der Waals surface area contributed by atoms with Gasteiger partial charge in [-0.25, -0.2) is 18.4 Å². The predicted octanol–water partition coefficient (Wildman–Crippen LogP) is 5.12. The van der Waals surface area contributed by atoms with Gasteiger partial charge in [-0.15, -0.1) is 0 Å². The number of nitro benzene ring substituents is 1. The Kier molecular flexibility index (Phi) is 8.06. The Morgan fingerprint density at radius 2 is 1.65 bits per heavy atom. The minimum atomic E-state index is -0.895. The maximum atomic E-state index is 13.7. The highest BCUT2D eigenvalue weighted by Crippen LogP contribution is 2.19. The second-order valence-corrected chi connectivity index (χ2v) is 7.08. The predicted molar refractivity (Wildman–Crippen MR) is 124 cm³/mol. The fourth-order valence-electron chi connectivity index (χ4n) is 3.01. The molecule has 0 aliphatic heterocycles. The van der Waals surface area contributed by atoms with Crippen LogP contribution in [0.15, 0.2) is 72.8 Å². The lowest BCUT2D eigenvalue weighted by Crippen LogP contribution is -2.38. The van der Waals surface area contributed by atoms with Crippen LogP contribution in [-0.4, -0.2) is 30.1 Å². The number of halogens is 2. The van der Waals surface area contributed by atoms with E-state index in [0.717, 1.165) is 12.1 Å². The number of hydrogen-bond donors (Lipinski definition) is 3. The molecule has 0 heterocycles. The number of nitrogens with zero attached hydrogens (tertiary/aromatic N) is 2. The highest BCUT2D eigenvalue weighted by molar-refractivity contribution is 6.01. The lowest BCUT2D eigenvalue weighted by Gasteiger charge is -2.23. The van der Waals surface area contributed by atoms with Crippen LogP contribution in [0.4, 0.5) is 41.1 Å². The van der Waals surface area contributed by atoms with Gasteiger partial charge >= 0.3 is 12.1 Å². The molecule has 0 unspecified atom stereocenters. The van der Waals surface area contributed by atoms with E-state index in [1.165, 1.54) is 29.2 Å². The summed E-state index contributed by atoms with van der Waals surface area (Å²) in [5, 5.41) is 18.3. The van der Waals surface area contributed by atoms with Crippen molar-refractivity contribution in [3.8, 4) is 0 Å². The Morgan fingerprint density at radius 1 is 0.941 bits per heavy atom. The average Bonchev–Trinajstić information content (AvgIpc) is 2.81. The van der Waals surface area contributed by atoms with Crippen LogP contribution in [0.3, 0.4) is 0 Å². The normalized spacial score (nSPS) is 10.3. The van der Waals surface area contributed by atoms with E-state index >= 15 is 0 Å². The Labute approximate surface area is 193 Å². The zero-order valence-electron chi connectivity index (χ0n) is 17.8. The number of amides is 4. The van der Waals surface area contributed by atoms with Gasteiger partial charge in [0.05, 0.1) is 10.6 Å². The number of urea groups is 2. The second kappa shape index (κ2) is 11.4. The van der Waals surface area contributed by atoms with Gasteiger partial charge in [0.1, 0.15) is 11.6 Å². The van der Waals surface area contributed by atoms with E-state index in [2.05, 4.69) is 16.0 Å². The molecule has 3 N–H and O–H groups in total. The number of para-hydroxylation sites is 1. The van der Waals surface area contributed by atoms with E-state index in [1.807, 2.05) is 0 Å². The minimum absolute atomic E-state index is 0.0946. The van der Waals surface area contributed by atoms with Gasteiger partial charge in [0.25, 0.3) is 5.69 Å². The van der Waals surface area contributed by atoms with Crippen LogP contribution >= 0.6 is 0 Å². The van der Waals surface area contributed by atoms with Gasteiger partial charge in [0, 0.05) is 42.7 Å². The number of benzene rings is 3. The van der Waals surface area contributed by atoms with E-state index < -0.39 is 28.6 Å². The summed E-state index contributed by atoms with van der Waals surface area (Å²) < 4.78 is 26.6. The van der Waals surface area contributed by atoms with Crippen molar-refractivity contribution >= 4 is 34.8 Å². The molecular weight excluding hydrogens is 448 g/mol. The summed E-state index contributed by atoms with van der Waals surface area (Å²) in [6, 6.07) is 15.9. The third-order valence-electron chi connectivity index (χ3n) is 4.67. The Hall–Kier alpha value is -4.54. The number of nitro groups is 1. The van der Waals surface area contributed by atoms with E-state index in [9.17, 15) is 28.5 Å². The van der Waals surface area contributed by atoms with Gasteiger partial charge in [-0.2, -0.15) is 0 Å². The summed E-state index contributed by atoms with van der Waals surface area (Å²) in [5.41, 5.74) is 0.741. The number of non-ortho nitro benzene ring substituents is 1. The lowest BCUT2D eigenvalue weighted by atomic mass is 10.2. The van der Waals surface area contributed by atoms with Gasteiger partial charge in [-0.1, -0.05) is 18.2 Å². The largest absolute Gasteiger partial charge is 0.338 e. The Morgan fingerprint density at radius 3 is 2.29 bits per heavy atom. The fourth-order valence-corrected chi connectivity index (χ4v) is 3.01. The van der Waals surface area contributed by atoms with E-state index in [-0.39, 0.29) is 24.5 Å². The number of hydrogen-bond acceptors (Lipinski definition) is 4. The second-order valence-electron chi connectivity index (χ2n) is 7.08. The first kappa shape index (κ1) is 24.1. The standard InChI is InChI=1S/C23H21F2N5O4/c24-16-7-12-21(20(25)15-16)28-22(31)26-13-4-14-29(18-5-2-1-3-6-18)23(32)27-17-8-10-19(11-9-17)30(33)34/h1-3,5-12,15H,4,13-14H2,(H,27,32)(H2,26,28,31). The van der Waals surface area contributed by atoms with Crippen molar-refractivity contribution in [2.45, 2.75) is 6.42 Å². The third kappa shape index (κ3) is 6.73. The molecule has 3 aromatic carbocycles. The number of anilines is 3. The molecule has 0 aromatic heterocycles. The molecule has 0 aliphatic rings. The molecule has 0 fully saturated rings. The van der Waals surface area contributed by atoms with E-state index in [1.54, 1.807) is 30.3 Å². The summed E-state index contributed by atoms with van der Waals surface area (Å²) >= 11 is 0. The highest BCUT2D eigenvalue weighted by atomic mass is 19.1. The number of carbonyl (C=O) groups is 2. The summed E-state index contributed by atoms with van der Waals surface area (Å²) in [4.78, 5) is 36.6. The van der Waals surface area contributed by atoms with Gasteiger partial charge < -0.3 is 16.0 Å². The van der Waals surface area contributed by atoms with Gasteiger partial charge in [0.15, 0.2) is 0 Å². The number of carbonyl (C=O) groups excluding carboxylic acids is 2. The summed E-state index contributed by atoms with van der Waals surface area (Å²) in [7, 11) is 0. The maximum absolute atomic E-state index is 13.7. The summed E-state index contributed by atoms with van der Waals surface area (Å²) in [5.74, 6) is -1.65. The zero-order valence-corrected chi connectivity index (χ0v) is 17.8. The molecule has 0 bridgehead atoms. The third-order valence-corrected chi connectivity index (χ3v) is 4.67. The smallest absolute Gasteiger partial charge is 0.326 e. The SMILES string of the molecule is O=C(NCCCN(C(=O)Nc1ccc([N+](=O)[O-])cc1)c1ccccc1)Nc1ccc(F)cc1F. The quantitative estimate of drug-likeness (QED) is 0.241. The molecule has 34 heavy (non-hydrogen) atoms. The Bertz CT molecular complexity index is 1160. The van der Waals surface area contributed by atoms with Crippen molar-refractivity contribution in [1.82, 2.24) is 5.32 Å². The number of rotatable bonds is 8. The first-order chi connectivity index (χ1) is 16.3. The van der Waals surface area contributed by atoms with Crippen LogP contribution in [0.25, 0.3) is 0 Å². The molecule has 0 atom stereocenters. The maximum Gasteiger partial charge on any atom is 0.326 e. The summed E-state index contributed by atoms with van der Waals surface area (Å²) in [6.07, 6.45) is 0.363. The van der Waals surface area contributed by atoms with Crippen molar-refractivity contribution < 1.29 is 23.3 Å². The van der Waals surface area contributed by atoms with Gasteiger partial charge in [-0.3, -0.25) is 15.0 Å². The van der Waals surface area contributed by atoms with Crippen LogP contribution < -0.4 is 20.9 Å². The molecule has 4 amide bonds. The van der Waals surface area contributed by atoms with Crippen molar-refractivity contribution in [3.05, 3.63) is 94.5 Å². The minimum Gasteiger partial charge on any atom is -0.338 e. The van der Waals surface area contributed by atoms with Crippen LogP contribution in [-0.2, 0) is 0 Å². The summed E-state index contributed by atoms with van der Waals surface area (Å²) in [6.45, 7) is 0.400. The monoisotopic (exact) mass is 469 g/mol. The number of nitrogens with one attached hydrogen (secondary N) is 3. The van der Waals surface area contributed by atoms with Crippen molar-refractivity contribution in [3.63, 3.8) is 0 Å². The molecule has 0 aliphatic carbocycles. The average molecular weight is 469 g/mol. The fraction of sp³-hybridized carbons (Fsp3) is 0.130. The molecule has 3 aromatic rings. The molecule has 3 rings (SSSR count). The Balaban J connectivity index is 1.56.